The van der Waals surface area contributed by atoms with Crippen molar-refractivity contribution in [2.24, 2.45) is 0 Å². The van der Waals surface area contributed by atoms with Gasteiger partial charge in [-0.3, -0.25) is 10.2 Å². The van der Waals surface area contributed by atoms with Gasteiger partial charge in [-0.05, 0) is 29.5 Å². The van der Waals surface area contributed by atoms with Crippen molar-refractivity contribution in [2.45, 2.75) is 32.0 Å². The van der Waals surface area contributed by atoms with Crippen LogP contribution in [0.2, 0.25) is 0 Å². The number of halogens is 4. The van der Waals surface area contributed by atoms with E-state index >= 15 is 0 Å². The minimum atomic E-state index is -3.50. The highest BCUT2D eigenvalue weighted by atomic mass is 19.3. The van der Waals surface area contributed by atoms with Gasteiger partial charge in [0, 0.05) is 5.56 Å². The summed E-state index contributed by atoms with van der Waals surface area (Å²) >= 11 is 0. The Morgan fingerprint density at radius 2 is 2.00 bits per heavy atom. The van der Waals surface area contributed by atoms with Crippen molar-refractivity contribution in [1.82, 2.24) is 20.2 Å². The molecule has 1 fully saturated rings. The molecule has 30 heavy (non-hydrogen) atoms. The van der Waals surface area contributed by atoms with Gasteiger partial charge in [0.25, 0.3) is 18.4 Å². The number of aliphatic hydroxyl groups is 1. The predicted octanol–water partition coefficient (Wildman–Crippen LogP) is 2.56. The molecule has 0 spiro atoms. The van der Waals surface area contributed by atoms with Crippen LogP contribution in [-0.2, 0) is 6.54 Å². The molecule has 1 aliphatic heterocycles. The molecule has 0 bridgehead atoms. The topological polar surface area (TPSA) is 114 Å². The second-order valence-corrected chi connectivity index (χ2v) is 6.60. The van der Waals surface area contributed by atoms with Crippen LogP contribution in [0.25, 0.3) is 0 Å². The summed E-state index contributed by atoms with van der Waals surface area (Å²) in [5.41, 5.74) is -1.29. The van der Waals surface area contributed by atoms with E-state index in [2.05, 4.69) is 5.10 Å². The van der Waals surface area contributed by atoms with E-state index in [0.29, 0.717) is 11.3 Å². The van der Waals surface area contributed by atoms with Crippen molar-refractivity contribution in [3.8, 4) is 0 Å². The third-order valence-electron chi connectivity index (χ3n) is 4.54. The molecule has 1 unspecified atom stereocenters. The van der Waals surface area contributed by atoms with Crippen molar-refractivity contribution in [1.29, 1.82) is 0 Å². The lowest BCUT2D eigenvalue weighted by molar-refractivity contribution is -0.389. The zero-order chi connectivity index (χ0) is 22.2. The second kappa shape index (κ2) is 7.74. The number of alkyl halides is 2. The van der Waals surface area contributed by atoms with Gasteiger partial charge in [-0.1, -0.05) is 12.1 Å². The molecule has 1 atom stereocenters. The summed E-state index contributed by atoms with van der Waals surface area (Å²) in [6, 6.07) is 6.70. The number of carbonyl (C=O) groups is 1. The maximum atomic E-state index is 13.3. The van der Waals surface area contributed by atoms with E-state index in [1.165, 1.54) is 35.0 Å². The van der Waals surface area contributed by atoms with E-state index in [9.17, 15) is 37.6 Å². The fourth-order valence-corrected chi connectivity index (χ4v) is 2.92. The van der Waals surface area contributed by atoms with Crippen LogP contribution >= 0.6 is 0 Å². The third-order valence-corrected chi connectivity index (χ3v) is 4.54. The van der Waals surface area contributed by atoms with E-state index < -0.39 is 41.2 Å². The molecule has 0 radical (unpaired) electrons. The Bertz CT molecular complexity index is 1020. The number of nitrogens with one attached hydrogen (secondary N) is 1. The average molecular weight is 429 g/mol. The van der Waals surface area contributed by atoms with Crippen molar-refractivity contribution < 1.29 is 32.4 Å². The Morgan fingerprint density at radius 3 is 2.50 bits per heavy atom. The molecule has 160 valence electrons. The first-order valence-electron chi connectivity index (χ1n) is 8.46. The molecule has 13 heteroatoms. The van der Waals surface area contributed by atoms with E-state index in [0.717, 1.165) is 0 Å². The van der Waals surface area contributed by atoms with Crippen LogP contribution in [0.4, 0.5) is 23.4 Å². The van der Waals surface area contributed by atoms with E-state index in [4.69, 9.17) is 0 Å². The molecule has 0 aliphatic carbocycles. The number of carbonyl (C=O) groups excluding carboxylic acids is 1. The predicted molar refractivity (Wildman–Crippen MR) is 93.3 cm³/mol. The zero-order valence-electron chi connectivity index (χ0n) is 15.4. The first-order valence-corrected chi connectivity index (χ1v) is 8.46. The zero-order valence-corrected chi connectivity index (χ0v) is 15.4. The smallest absolute Gasteiger partial charge is 0.364 e. The summed E-state index contributed by atoms with van der Waals surface area (Å²) in [5, 5.41) is 24.8. The number of rotatable bonds is 5. The minimum Gasteiger partial charge on any atom is -0.364 e. The lowest BCUT2D eigenvalue weighted by Gasteiger charge is -2.31. The Hall–Kier alpha value is -3.48. The Labute approximate surface area is 166 Å². The molecule has 2 heterocycles. The van der Waals surface area contributed by atoms with Gasteiger partial charge in [0.05, 0.1) is 29.8 Å². The van der Waals surface area contributed by atoms with Crippen molar-refractivity contribution in [3.05, 3.63) is 69.0 Å². The number of nitrogens with zero attached hydrogens (tertiary/aromatic N) is 4. The quantitative estimate of drug-likeness (QED) is 0.429. The average Bonchev–Trinajstić information content (AvgIpc) is 3.23. The van der Waals surface area contributed by atoms with Crippen LogP contribution in [0, 0.1) is 17.0 Å². The molecule has 1 amide bonds. The van der Waals surface area contributed by atoms with E-state index in [1.807, 2.05) is 5.43 Å². The molecule has 0 saturated carbocycles. The SMILES string of the molecule is Cc1cc([N+](=O)[O-])nn1Cc1ccc(C(=O)N2NC(=C(F)F)CC2(O)C(F)F)cc1. The maximum Gasteiger partial charge on any atom is 0.390 e. The molecule has 1 aliphatic rings. The second-order valence-electron chi connectivity index (χ2n) is 6.60. The Balaban J connectivity index is 1.81. The van der Waals surface area contributed by atoms with Gasteiger partial charge < -0.3 is 15.2 Å². The van der Waals surface area contributed by atoms with Gasteiger partial charge in [0.2, 0.25) is 5.72 Å². The summed E-state index contributed by atoms with van der Waals surface area (Å²) in [6.45, 7) is 1.76. The fourth-order valence-electron chi connectivity index (χ4n) is 2.92. The lowest BCUT2D eigenvalue weighted by Crippen LogP contribution is -2.55. The molecule has 3 rings (SSSR count). The van der Waals surface area contributed by atoms with Crippen LogP contribution in [0.1, 0.15) is 28.0 Å². The van der Waals surface area contributed by atoms with Crippen LogP contribution in [0.15, 0.2) is 42.1 Å². The highest BCUT2D eigenvalue weighted by Crippen LogP contribution is 2.35. The van der Waals surface area contributed by atoms with E-state index in [-0.39, 0.29) is 22.9 Å². The van der Waals surface area contributed by atoms with Crippen LogP contribution < -0.4 is 5.43 Å². The van der Waals surface area contributed by atoms with Crippen molar-refractivity contribution in [2.75, 3.05) is 0 Å². The Morgan fingerprint density at radius 1 is 1.37 bits per heavy atom. The number of hydrazine groups is 1. The van der Waals surface area contributed by atoms with Gasteiger partial charge in [-0.2, -0.15) is 13.5 Å². The number of nitro groups is 1. The Kier molecular flexibility index (Phi) is 5.48. The van der Waals surface area contributed by atoms with Crippen LogP contribution in [0.3, 0.4) is 0 Å². The first kappa shape index (κ1) is 21.2. The van der Waals surface area contributed by atoms with Gasteiger partial charge in [-0.25, -0.2) is 13.8 Å². The number of amides is 1. The van der Waals surface area contributed by atoms with Crippen molar-refractivity contribution in [3.63, 3.8) is 0 Å². The molecule has 1 aromatic carbocycles. The number of hydrogen-bond donors (Lipinski definition) is 2. The monoisotopic (exact) mass is 429 g/mol. The summed E-state index contributed by atoms with van der Waals surface area (Å²) in [4.78, 5) is 22.7. The number of hydrogen-bond acceptors (Lipinski definition) is 6. The minimum absolute atomic E-state index is 0.0855. The maximum absolute atomic E-state index is 13.3. The summed E-state index contributed by atoms with van der Waals surface area (Å²) in [5.74, 6) is -1.46. The highest BCUT2D eigenvalue weighted by Gasteiger charge is 2.53. The summed E-state index contributed by atoms with van der Waals surface area (Å²) in [7, 11) is 0. The summed E-state index contributed by atoms with van der Waals surface area (Å²) < 4.78 is 53.5. The van der Waals surface area contributed by atoms with Gasteiger partial charge in [0.1, 0.15) is 5.70 Å². The molecule has 1 saturated heterocycles. The molecular formula is C17H15F4N5O4. The third kappa shape index (κ3) is 3.83. The van der Waals surface area contributed by atoms with Gasteiger partial charge in [0.15, 0.2) is 0 Å². The molecule has 9 nitrogen and oxygen atoms in total. The number of aryl methyl sites for hydroxylation is 1. The largest absolute Gasteiger partial charge is 0.390 e. The summed E-state index contributed by atoms with van der Waals surface area (Å²) in [6.07, 6.45) is -6.96. The van der Waals surface area contributed by atoms with E-state index in [1.54, 1.807) is 6.92 Å². The normalized spacial score (nSPS) is 18.6. The van der Waals surface area contributed by atoms with Gasteiger partial charge >= 0.3 is 5.82 Å². The van der Waals surface area contributed by atoms with Crippen LogP contribution in [0.5, 0.6) is 0 Å². The molecule has 2 N–H and O–H groups in total. The molecule has 2 aromatic rings. The molecular weight excluding hydrogens is 414 g/mol. The van der Waals surface area contributed by atoms with Crippen LogP contribution in [-0.4, -0.2) is 42.9 Å². The highest BCUT2D eigenvalue weighted by molar-refractivity contribution is 5.94. The lowest BCUT2D eigenvalue weighted by atomic mass is 10.1. The van der Waals surface area contributed by atoms with Crippen molar-refractivity contribution >= 4 is 11.7 Å². The standard InChI is InChI=1S/C17H15F4N5O4/c1-9-6-13(26(29)30)23-24(9)8-10-2-4-11(5-3-10)15(27)25-17(28,16(20)21)7-12(22-25)14(18)19/h2-6,16,22,28H,7-8H2,1H3. The fraction of sp³-hybridized carbons (Fsp3) is 0.294. The molecule has 1 aromatic heterocycles. The number of aromatic nitrogens is 2. The first-order chi connectivity index (χ1) is 14.0. The van der Waals surface area contributed by atoms with Gasteiger partial charge in [-0.15, -0.1) is 0 Å². The number of benzene rings is 1.